The maximum absolute atomic E-state index is 12.0. The van der Waals surface area contributed by atoms with E-state index in [0.717, 1.165) is 5.56 Å². The number of rotatable bonds is 3. The van der Waals surface area contributed by atoms with Gasteiger partial charge in [-0.15, -0.1) is 0 Å². The summed E-state index contributed by atoms with van der Waals surface area (Å²) in [6.45, 7) is 5.45. The van der Waals surface area contributed by atoms with Gasteiger partial charge in [-0.25, -0.2) is 4.79 Å². The number of hydrogen-bond donors (Lipinski definition) is 0. The van der Waals surface area contributed by atoms with Crippen molar-refractivity contribution in [3.63, 3.8) is 0 Å². The molecule has 0 saturated carbocycles. The molecule has 0 amide bonds. The minimum atomic E-state index is -0.539. The van der Waals surface area contributed by atoms with E-state index in [4.69, 9.17) is 9.15 Å². The van der Waals surface area contributed by atoms with Crippen molar-refractivity contribution in [2.24, 2.45) is 0 Å². The van der Waals surface area contributed by atoms with Crippen LogP contribution in [0.15, 0.2) is 40.8 Å². The molecule has 0 saturated heterocycles. The minimum absolute atomic E-state index is 0.252. The molecule has 0 aliphatic rings. The second kappa shape index (κ2) is 5.33. The fourth-order valence-corrected chi connectivity index (χ4v) is 1.71. The molecule has 2 aromatic rings. The summed E-state index contributed by atoms with van der Waals surface area (Å²) in [4.78, 5) is 22.6. The van der Waals surface area contributed by atoms with Crippen LogP contribution in [0.1, 0.15) is 41.7 Å². The molecule has 0 radical (unpaired) electrons. The van der Waals surface area contributed by atoms with Crippen LogP contribution in [0, 0.1) is 0 Å². The van der Waals surface area contributed by atoms with Crippen molar-refractivity contribution in [1.82, 2.24) is 0 Å². The summed E-state index contributed by atoms with van der Waals surface area (Å²) in [5.41, 5.74) is 0.630. The third-order valence-corrected chi connectivity index (χ3v) is 2.52. The second-order valence-electron chi connectivity index (χ2n) is 5.40. The Kier molecular flexibility index (Phi) is 3.74. The van der Waals surface area contributed by atoms with E-state index in [1.54, 1.807) is 36.4 Å². The third-order valence-electron chi connectivity index (χ3n) is 2.52. The molecule has 0 atom stereocenters. The Morgan fingerprint density at radius 3 is 2.55 bits per heavy atom. The number of esters is 1. The van der Waals surface area contributed by atoms with Gasteiger partial charge in [0.1, 0.15) is 11.4 Å². The molecular formula is C16H16O4. The van der Waals surface area contributed by atoms with Crippen LogP contribution in [0.2, 0.25) is 0 Å². The zero-order valence-corrected chi connectivity index (χ0v) is 11.7. The van der Waals surface area contributed by atoms with Crippen LogP contribution in [-0.4, -0.2) is 17.9 Å². The third kappa shape index (κ3) is 3.35. The summed E-state index contributed by atoms with van der Waals surface area (Å²) in [5.74, 6) is 0.404. The van der Waals surface area contributed by atoms with Gasteiger partial charge in [0.05, 0.1) is 5.56 Å². The number of carbonyl (C=O) groups excluding carboxylic acids is 2. The SMILES string of the molecule is CC(C)(C)OC(=O)c1cccc(-c2ccc(C=O)o2)c1. The highest BCUT2D eigenvalue weighted by Gasteiger charge is 2.18. The first-order chi connectivity index (χ1) is 9.39. The lowest BCUT2D eigenvalue weighted by atomic mass is 10.1. The molecule has 2 rings (SSSR count). The van der Waals surface area contributed by atoms with Gasteiger partial charge >= 0.3 is 5.97 Å². The van der Waals surface area contributed by atoms with E-state index < -0.39 is 5.60 Å². The fourth-order valence-electron chi connectivity index (χ4n) is 1.71. The molecule has 20 heavy (non-hydrogen) atoms. The highest BCUT2D eigenvalue weighted by molar-refractivity contribution is 5.91. The van der Waals surface area contributed by atoms with Crippen molar-refractivity contribution in [3.8, 4) is 11.3 Å². The van der Waals surface area contributed by atoms with E-state index in [1.807, 2.05) is 20.8 Å². The average Bonchev–Trinajstić information content (AvgIpc) is 2.85. The number of aldehydes is 1. The van der Waals surface area contributed by atoms with Gasteiger partial charge in [-0.05, 0) is 45.0 Å². The average molecular weight is 272 g/mol. The molecule has 0 bridgehead atoms. The lowest BCUT2D eigenvalue weighted by Crippen LogP contribution is -2.23. The van der Waals surface area contributed by atoms with Gasteiger partial charge in [-0.1, -0.05) is 12.1 Å². The number of ether oxygens (including phenoxy) is 1. The lowest BCUT2D eigenvalue weighted by molar-refractivity contribution is 0.00695. The second-order valence-corrected chi connectivity index (χ2v) is 5.40. The molecule has 0 N–H and O–H groups in total. The summed E-state index contributed by atoms with van der Waals surface area (Å²) in [7, 11) is 0. The number of benzene rings is 1. The van der Waals surface area contributed by atoms with Crippen LogP contribution in [-0.2, 0) is 4.74 Å². The topological polar surface area (TPSA) is 56.5 Å². The standard InChI is InChI=1S/C16H16O4/c1-16(2,3)20-15(18)12-6-4-5-11(9-12)14-8-7-13(10-17)19-14/h4-10H,1-3H3. The molecule has 1 aromatic heterocycles. The molecule has 104 valence electrons. The molecule has 4 nitrogen and oxygen atoms in total. The van der Waals surface area contributed by atoms with Crippen LogP contribution in [0.3, 0.4) is 0 Å². The molecule has 0 fully saturated rings. The Hall–Kier alpha value is -2.36. The number of carbonyl (C=O) groups is 2. The summed E-state index contributed by atoms with van der Waals surface area (Å²) < 4.78 is 10.6. The van der Waals surface area contributed by atoms with Gasteiger partial charge < -0.3 is 9.15 Å². The Morgan fingerprint density at radius 1 is 1.20 bits per heavy atom. The maximum atomic E-state index is 12.0. The van der Waals surface area contributed by atoms with E-state index >= 15 is 0 Å². The first kappa shape index (κ1) is 14.1. The largest absolute Gasteiger partial charge is 0.456 e. The van der Waals surface area contributed by atoms with Crippen LogP contribution < -0.4 is 0 Å². The normalized spacial score (nSPS) is 11.2. The van der Waals surface area contributed by atoms with Crippen molar-refractivity contribution < 1.29 is 18.7 Å². The monoisotopic (exact) mass is 272 g/mol. The summed E-state index contributed by atoms with van der Waals surface area (Å²) in [6.07, 6.45) is 0.640. The highest BCUT2D eigenvalue weighted by Crippen LogP contribution is 2.23. The van der Waals surface area contributed by atoms with Crippen LogP contribution >= 0.6 is 0 Å². The van der Waals surface area contributed by atoms with E-state index in [2.05, 4.69) is 0 Å². The van der Waals surface area contributed by atoms with Crippen LogP contribution in [0.4, 0.5) is 0 Å². The minimum Gasteiger partial charge on any atom is -0.456 e. The summed E-state index contributed by atoms with van der Waals surface area (Å²) >= 11 is 0. The highest BCUT2D eigenvalue weighted by atomic mass is 16.6. The molecule has 0 aliphatic heterocycles. The van der Waals surface area contributed by atoms with Crippen LogP contribution in [0.5, 0.6) is 0 Å². The molecule has 4 heteroatoms. The molecule has 0 spiro atoms. The van der Waals surface area contributed by atoms with Gasteiger partial charge in [-0.2, -0.15) is 0 Å². The summed E-state index contributed by atoms with van der Waals surface area (Å²) in [5, 5.41) is 0. The van der Waals surface area contributed by atoms with Gasteiger partial charge in [0.25, 0.3) is 0 Å². The molecule has 0 unspecified atom stereocenters. The van der Waals surface area contributed by atoms with E-state index in [0.29, 0.717) is 17.6 Å². The van der Waals surface area contributed by atoms with E-state index in [1.165, 1.54) is 0 Å². The van der Waals surface area contributed by atoms with Crippen molar-refractivity contribution >= 4 is 12.3 Å². The van der Waals surface area contributed by atoms with Gasteiger partial charge in [0, 0.05) is 5.56 Å². The van der Waals surface area contributed by atoms with Crippen LogP contribution in [0.25, 0.3) is 11.3 Å². The predicted octanol–water partition coefficient (Wildman–Crippen LogP) is 3.71. The Balaban J connectivity index is 2.28. The van der Waals surface area contributed by atoms with Gasteiger partial charge in [-0.3, -0.25) is 4.79 Å². The number of hydrogen-bond acceptors (Lipinski definition) is 4. The van der Waals surface area contributed by atoms with E-state index in [-0.39, 0.29) is 11.7 Å². The fraction of sp³-hybridized carbons (Fsp3) is 0.250. The lowest BCUT2D eigenvalue weighted by Gasteiger charge is -2.19. The predicted molar refractivity (Wildman–Crippen MR) is 74.7 cm³/mol. The van der Waals surface area contributed by atoms with Crippen molar-refractivity contribution in [1.29, 1.82) is 0 Å². The summed E-state index contributed by atoms with van der Waals surface area (Å²) in [6, 6.07) is 10.2. The quantitative estimate of drug-likeness (QED) is 0.631. The first-order valence-electron chi connectivity index (χ1n) is 6.28. The zero-order chi connectivity index (χ0) is 14.8. The smallest absolute Gasteiger partial charge is 0.338 e. The first-order valence-corrected chi connectivity index (χ1v) is 6.28. The molecule has 1 heterocycles. The molecule has 1 aromatic carbocycles. The van der Waals surface area contributed by atoms with E-state index in [9.17, 15) is 9.59 Å². The Morgan fingerprint density at radius 2 is 1.95 bits per heavy atom. The van der Waals surface area contributed by atoms with Gasteiger partial charge in [0.2, 0.25) is 0 Å². The molecule has 0 aliphatic carbocycles. The zero-order valence-electron chi connectivity index (χ0n) is 11.7. The Labute approximate surface area is 117 Å². The molecular weight excluding hydrogens is 256 g/mol. The van der Waals surface area contributed by atoms with Crippen molar-refractivity contribution in [2.75, 3.05) is 0 Å². The Bertz CT molecular complexity index is 632. The van der Waals surface area contributed by atoms with Crippen molar-refractivity contribution in [2.45, 2.75) is 26.4 Å². The maximum Gasteiger partial charge on any atom is 0.338 e. The van der Waals surface area contributed by atoms with Gasteiger partial charge in [0.15, 0.2) is 12.0 Å². The van der Waals surface area contributed by atoms with Crippen molar-refractivity contribution in [3.05, 3.63) is 47.7 Å². The number of furan rings is 1.